The lowest BCUT2D eigenvalue weighted by Gasteiger charge is -2.30. The Morgan fingerprint density at radius 3 is 3.04 bits per heavy atom. The van der Waals surface area contributed by atoms with Crippen LogP contribution in [0.3, 0.4) is 0 Å². The van der Waals surface area contributed by atoms with Gasteiger partial charge in [-0.3, -0.25) is 4.79 Å². The average Bonchev–Trinajstić information content (AvgIpc) is 3.30. The zero-order valence-corrected chi connectivity index (χ0v) is 14.4. The first kappa shape index (κ1) is 16.0. The highest BCUT2D eigenvalue weighted by atomic mass is 16.3. The summed E-state index contributed by atoms with van der Waals surface area (Å²) >= 11 is 0. The first-order valence-corrected chi connectivity index (χ1v) is 8.53. The maximum Gasteiger partial charge on any atom is 0.269 e. The van der Waals surface area contributed by atoms with E-state index in [4.69, 9.17) is 0 Å². The molecule has 2 aromatic heterocycles. The molecule has 4 heterocycles. The molecule has 2 aromatic rings. The average molecular weight is 346 g/mol. The number of β-amino-alcohol motifs (C(OH)–C–C–N with tert-alkyl or cyclic N) is 1. The van der Waals surface area contributed by atoms with Gasteiger partial charge in [0.2, 0.25) is 5.95 Å². The normalized spacial score (nSPS) is 23.7. The van der Waals surface area contributed by atoms with Crippen LogP contribution in [0.5, 0.6) is 0 Å². The molecule has 0 saturated carbocycles. The molecule has 0 aliphatic carbocycles. The number of rotatable bonds is 4. The van der Waals surface area contributed by atoms with E-state index in [2.05, 4.69) is 25.8 Å². The van der Waals surface area contributed by atoms with Crippen LogP contribution in [0.2, 0.25) is 0 Å². The SMILES string of the molecule is CC(NC(=O)c1cnc2n1CCC2)C1(O)CCN(c2nnnn2C)C1. The summed E-state index contributed by atoms with van der Waals surface area (Å²) in [6.07, 6.45) is 4.08. The topological polar surface area (TPSA) is 114 Å². The summed E-state index contributed by atoms with van der Waals surface area (Å²) in [6, 6.07) is -0.404. The number of hydrogen-bond donors (Lipinski definition) is 2. The number of nitrogens with zero attached hydrogens (tertiary/aromatic N) is 7. The molecule has 0 bridgehead atoms. The van der Waals surface area contributed by atoms with E-state index in [1.54, 1.807) is 17.9 Å². The largest absolute Gasteiger partial charge is 0.386 e. The number of imidazole rings is 1. The maximum atomic E-state index is 12.6. The van der Waals surface area contributed by atoms with Gasteiger partial charge in [0, 0.05) is 26.6 Å². The number of nitrogens with one attached hydrogen (secondary N) is 1. The number of tetrazole rings is 1. The predicted octanol–water partition coefficient (Wildman–Crippen LogP) is -0.887. The Balaban J connectivity index is 1.44. The van der Waals surface area contributed by atoms with Gasteiger partial charge in [-0.15, -0.1) is 0 Å². The summed E-state index contributed by atoms with van der Waals surface area (Å²) in [5.41, 5.74) is -0.467. The minimum Gasteiger partial charge on any atom is -0.386 e. The van der Waals surface area contributed by atoms with Crippen molar-refractivity contribution in [1.82, 2.24) is 35.1 Å². The highest BCUT2D eigenvalue weighted by molar-refractivity contribution is 5.92. The van der Waals surface area contributed by atoms with Crippen LogP contribution in [0.1, 0.15) is 36.1 Å². The molecular weight excluding hydrogens is 324 g/mol. The Bertz CT molecular complexity index is 799. The van der Waals surface area contributed by atoms with Gasteiger partial charge in [-0.2, -0.15) is 0 Å². The summed E-state index contributed by atoms with van der Waals surface area (Å²) in [4.78, 5) is 18.8. The Hall–Kier alpha value is -2.49. The van der Waals surface area contributed by atoms with Crippen LogP contribution in [0, 0.1) is 0 Å². The Morgan fingerprint density at radius 1 is 1.44 bits per heavy atom. The number of aliphatic hydroxyl groups is 1. The zero-order valence-electron chi connectivity index (χ0n) is 14.4. The van der Waals surface area contributed by atoms with E-state index in [9.17, 15) is 9.90 Å². The summed E-state index contributed by atoms with van der Waals surface area (Å²) in [7, 11) is 1.76. The van der Waals surface area contributed by atoms with Crippen LogP contribution in [-0.2, 0) is 20.0 Å². The molecule has 1 amide bonds. The number of amides is 1. The standard InChI is InChI=1S/C15H22N8O2/c1-10(17-13(24)11-8-16-12-4-3-6-23(11)12)15(25)5-7-22(9-15)14-18-19-20-21(14)2/h8,10,25H,3-7,9H2,1-2H3,(H,17,24). The van der Waals surface area contributed by atoms with Gasteiger partial charge in [0.15, 0.2) is 0 Å². The van der Waals surface area contributed by atoms with Crippen molar-refractivity contribution in [2.45, 2.75) is 44.4 Å². The maximum absolute atomic E-state index is 12.6. The Labute approximate surface area is 144 Å². The third-order valence-corrected chi connectivity index (χ3v) is 5.27. The molecule has 2 atom stereocenters. The Morgan fingerprint density at radius 2 is 2.28 bits per heavy atom. The summed E-state index contributed by atoms with van der Waals surface area (Å²) in [6.45, 7) is 3.65. The van der Waals surface area contributed by atoms with Crippen molar-refractivity contribution in [3.8, 4) is 0 Å². The fourth-order valence-corrected chi connectivity index (χ4v) is 3.68. The number of anilines is 1. The first-order chi connectivity index (χ1) is 12.0. The highest BCUT2D eigenvalue weighted by Gasteiger charge is 2.43. The molecule has 0 aromatic carbocycles. The predicted molar refractivity (Wildman–Crippen MR) is 88.1 cm³/mol. The van der Waals surface area contributed by atoms with E-state index in [1.165, 1.54) is 0 Å². The summed E-state index contributed by atoms with van der Waals surface area (Å²) in [5, 5.41) is 25.4. The van der Waals surface area contributed by atoms with Crippen molar-refractivity contribution in [3.63, 3.8) is 0 Å². The van der Waals surface area contributed by atoms with E-state index in [0.717, 1.165) is 25.2 Å². The third-order valence-electron chi connectivity index (χ3n) is 5.27. The van der Waals surface area contributed by atoms with Crippen molar-refractivity contribution in [2.24, 2.45) is 7.05 Å². The number of carbonyl (C=O) groups is 1. The molecule has 10 heteroatoms. The smallest absolute Gasteiger partial charge is 0.269 e. The van der Waals surface area contributed by atoms with Crippen LogP contribution in [0.25, 0.3) is 0 Å². The second-order valence-corrected chi connectivity index (χ2v) is 6.89. The van der Waals surface area contributed by atoms with Gasteiger partial charge >= 0.3 is 0 Å². The lowest BCUT2D eigenvalue weighted by atomic mass is 9.94. The molecule has 4 rings (SSSR count). The van der Waals surface area contributed by atoms with Gasteiger partial charge in [-0.05, 0) is 30.2 Å². The fraction of sp³-hybridized carbons (Fsp3) is 0.667. The van der Waals surface area contributed by atoms with Crippen molar-refractivity contribution >= 4 is 11.9 Å². The lowest BCUT2D eigenvalue weighted by Crippen LogP contribution is -2.53. The molecule has 0 radical (unpaired) electrons. The quantitative estimate of drug-likeness (QED) is 0.738. The zero-order chi connectivity index (χ0) is 17.6. The molecule has 2 N–H and O–H groups in total. The molecule has 134 valence electrons. The van der Waals surface area contributed by atoms with Crippen LogP contribution < -0.4 is 10.2 Å². The monoisotopic (exact) mass is 346 g/mol. The summed E-state index contributed by atoms with van der Waals surface area (Å²) in [5.74, 6) is 1.38. The van der Waals surface area contributed by atoms with E-state index in [0.29, 0.717) is 31.2 Å². The molecular formula is C15H22N8O2. The number of carbonyl (C=O) groups excluding carboxylic acids is 1. The molecule has 10 nitrogen and oxygen atoms in total. The second kappa shape index (κ2) is 5.80. The van der Waals surface area contributed by atoms with Gasteiger partial charge in [0.1, 0.15) is 17.1 Å². The van der Waals surface area contributed by atoms with Gasteiger partial charge in [-0.1, -0.05) is 5.10 Å². The molecule has 25 heavy (non-hydrogen) atoms. The van der Waals surface area contributed by atoms with Gasteiger partial charge in [0.25, 0.3) is 5.91 Å². The number of aromatic nitrogens is 6. The highest BCUT2D eigenvalue weighted by Crippen LogP contribution is 2.28. The fourth-order valence-electron chi connectivity index (χ4n) is 3.68. The van der Waals surface area contributed by atoms with E-state index >= 15 is 0 Å². The van der Waals surface area contributed by atoms with Crippen LogP contribution in [0.4, 0.5) is 5.95 Å². The van der Waals surface area contributed by atoms with Crippen LogP contribution in [0.15, 0.2) is 6.20 Å². The molecule has 2 aliphatic heterocycles. The molecule has 2 aliphatic rings. The summed E-state index contributed by atoms with van der Waals surface area (Å²) < 4.78 is 3.53. The minimum atomic E-state index is -1.03. The van der Waals surface area contributed by atoms with Crippen molar-refractivity contribution in [3.05, 3.63) is 17.7 Å². The number of fused-ring (bicyclic) bond motifs is 1. The molecule has 1 fully saturated rings. The van der Waals surface area contributed by atoms with Crippen LogP contribution in [-0.4, -0.2) is 65.5 Å². The van der Waals surface area contributed by atoms with Gasteiger partial charge in [-0.25, -0.2) is 9.67 Å². The van der Waals surface area contributed by atoms with Crippen molar-refractivity contribution < 1.29 is 9.90 Å². The lowest BCUT2D eigenvalue weighted by molar-refractivity contribution is 0.0269. The van der Waals surface area contributed by atoms with Gasteiger partial charge in [0.05, 0.1) is 18.8 Å². The number of aryl methyl sites for hydroxylation is 2. The number of hydrogen-bond acceptors (Lipinski definition) is 7. The first-order valence-electron chi connectivity index (χ1n) is 8.53. The van der Waals surface area contributed by atoms with Crippen molar-refractivity contribution in [2.75, 3.05) is 18.0 Å². The Kier molecular flexibility index (Phi) is 3.71. The van der Waals surface area contributed by atoms with E-state index < -0.39 is 11.6 Å². The van der Waals surface area contributed by atoms with E-state index in [-0.39, 0.29) is 5.91 Å². The molecule has 1 saturated heterocycles. The second-order valence-electron chi connectivity index (χ2n) is 6.89. The minimum absolute atomic E-state index is 0.194. The van der Waals surface area contributed by atoms with Crippen LogP contribution >= 0.6 is 0 Å². The van der Waals surface area contributed by atoms with Gasteiger partial charge < -0.3 is 19.9 Å². The molecule has 2 unspecified atom stereocenters. The van der Waals surface area contributed by atoms with E-state index in [1.807, 2.05) is 16.4 Å². The van der Waals surface area contributed by atoms with Crippen molar-refractivity contribution in [1.29, 1.82) is 0 Å². The third kappa shape index (κ3) is 2.66. The molecule has 0 spiro atoms.